The summed E-state index contributed by atoms with van der Waals surface area (Å²) in [5.41, 5.74) is 5.04. The Bertz CT molecular complexity index is 489. The Balaban J connectivity index is 2.18. The van der Waals surface area contributed by atoms with Gasteiger partial charge in [-0.15, -0.1) is 0 Å². The number of oxazole rings is 1. The summed E-state index contributed by atoms with van der Waals surface area (Å²) >= 11 is 0. The molecule has 0 spiro atoms. The van der Waals surface area contributed by atoms with Gasteiger partial charge in [0.05, 0.1) is 6.20 Å². The Hall–Kier alpha value is -1.64. The average molecular weight is 200 g/mol. The second-order valence-corrected chi connectivity index (χ2v) is 3.94. The molecule has 1 aliphatic rings. The molecule has 0 radical (unpaired) electrons. The van der Waals surface area contributed by atoms with Crippen LogP contribution in [0.15, 0.2) is 23.2 Å². The van der Waals surface area contributed by atoms with Gasteiger partial charge >= 0.3 is 0 Å². The molecule has 2 aromatic heterocycles. The van der Waals surface area contributed by atoms with Gasteiger partial charge in [0, 0.05) is 17.5 Å². The van der Waals surface area contributed by atoms with Gasteiger partial charge in [-0.3, -0.25) is 4.98 Å². The van der Waals surface area contributed by atoms with Gasteiger partial charge in [0.1, 0.15) is 0 Å². The van der Waals surface area contributed by atoms with Crippen LogP contribution in [0.3, 0.4) is 0 Å². The maximum absolute atomic E-state index is 5.31. The molecule has 0 unspecified atom stereocenters. The summed E-state index contributed by atoms with van der Waals surface area (Å²) in [6.45, 7) is 2.14. The summed E-state index contributed by atoms with van der Waals surface area (Å²) in [5.74, 6) is 0.815. The highest BCUT2D eigenvalue weighted by molar-refractivity contribution is 5.62. The Morgan fingerprint density at radius 1 is 1.27 bits per heavy atom. The Morgan fingerprint density at radius 3 is 3.00 bits per heavy atom. The predicted octanol–water partition coefficient (Wildman–Crippen LogP) is 2.53. The third-order valence-corrected chi connectivity index (χ3v) is 3.09. The molecule has 0 atom stereocenters. The molecule has 0 saturated carbocycles. The van der Waals surface area contributed by atoms with Crippen LogP contribution in [-0.4, -0.2) is 9.97 Å². The number of rotatable bonds is 1. The minimum atomic E-state index is 0.815. The van der Waals surface area contributed by atoms with E-state index < -0.39 is 0 Å². The van der Waals surface area contributed by atoms with Crippen molar-refractivity contribution in [1.82, 2.24) is 9.97 Å². The first-order valence-corrected chi connectivity index (χ1v) is 5.22. The quantitative estimate of drug-likeness (QED) is 0.710. The first-order valence-electron chi connectivity index (χ1n) is 5.22. The topological polar surface area (TPSA) is 38.9 Å². The zero-order chi connectivity index (χ0) is 10.3. The lowest BCUT2D eigenvalue weighted by Crippen LogP contribution is -1.94. The van der Waals surface area contributed by atoms with Crippen molar-refractivity contribution < 1.29 is 4.42 Å². The van der Waals surface area contributed by atoms with Gasteiger partial charge in [0.2, 0.25) is 0 Å². The third kappa shape index (κ3) is 1.27. The van der Waals surface area contributed by atoms with E-state index in [1.54, 1.807) is 6.20 Å². The molecule has 15 heavy (non-hydrogen) atoms. The van der Waals surface area contributed by atoms with Crippen molar-refractivity contribution in [1.29, 1.82) is 0 Å². The molecule has 0 amide bonds. The maximum Gasteiger partial charge on any atom is 0.181 e. The number of nitrogens with zero attached hydrogens (tertiary/aromatic N) is 2. The molecule has 2 aromatic rings. The van der Waals surface area contributed by atoms with Crippen molar-refractivity contribution in [2.24, 2.45) is 0 Å². The summed E-state index contributed by atoms with van der Waals surface area (Å²) in [4.78, 5) is 8.43. The molecular formula is C12H12N2O. The van der Waals surface area contributed by atoms with Gasteiger partial charge < -0.3 is 4.42 Å². The summed E-state index contributed by atoms with van der Waals surface area (Å²) in [6.07, 6.45) is 8.60. The van der Waals surface area contributed by atoms with Crippen molar-refractivity contribution in [2.75, 3.05) is 0 Å². The van der Waals surface area contributed by atoms with E-state index in [-0.39, 0.29) is 0 Å². The lowest BCUT2D eigenvalue weighted by atomic mass is 10.0. The molecule has 3 heteroatoms. The predicted molar refractivity (Wildman–Crippen MR) is 56.5 cm³/mol. The monoisotopic (exact) mass is 200 g/mol. The van der Waals surface area contributed by atoms with Gasteiger partial charge in [0.25, 0.3) is 0 Å². The van der Waals surface area contributed by atoms with E-state index in [0.29, 0.717) is 0 Å². The Morgan fingerprint density at radius 2 is 2.20 bits per heavy atom. The highest BCUT2D eigenvalue weighted by Gasteiger charge is 2.18. The van der Waals surface area contributed by atoms with E-state index in [1.165, 1.54) is 29.6 Å². The van der Waals surface area contributed by atoms with Gasteiger partial charge in [-0.1, -0.05) is 0 Å². The van der Waals surface area contributed by atoms with E-state index in [4.69, 9.17) is 4.42 Å². The minimum Gasteiger partial charge on any atom is -0.443 e. The number of hydrogen-bond acceptors (Lipinski definition) is 3. The fourth-order valence-corrected chi connectivity index (χ4v) is 2.27. The van der Waals surface area contributed by atoms with E-state index in [2.05, 4.69) is 16.9 Å². The van der Waals surface area contributed by atoms with E-state index >= 15 is 0 Å². The van der Waals surface area contributed by atoms with Gasteiger partial charge in [-0.05, 0) is 37.3 Å². The number of fused-ring (bicyclic) bond motifs is 1. The zero-order valence-electron chi connectivity index (χ0n) is 8.66. The van der Waals surface area contributed by atoms with Crippen LogP contribution in [-0.2, 0) is 12.8 Å². The number of aryl methyl sites for hydroxylation is 1. The largest absolute Gasteiger partial charge is 0.443 e. The molecule has 0 saturated heterocycles. The summed E-state index contributed by atoms with van der Waals surface area (Å²) in [6, 6.07) is 0. The molecule has 3 nitrogen and oxygen atoms in total. The van der Waals surface area contributed by atoms with Crippen LogP contribution in [0, 0.1) is 6.92 Å². The van der Waals surface area contributed by atoms with Crippen molar-refractivity contribution >= 4 is 0 Å². The fourth-order valence-electron chi connectivity index (χ4n) is 2.27. The molecule has 76 valence electrons. The second-order valence-electron chi connectivity index (χ2n) is 3.94. The summed E-state index contributed by atoms with van der Waals surface area (Å²) < 4.78 is 5.31. The SMILES string of the molecule is Cc1c(-c2cnco2)cnc2c1CCC2. The minimum absolute atomic E-state index is 0.815. The molecule has 2 heterocycles. The normalized spacial score (nSPS) is 14.2. The summed E-state index contributed by atoms with van der Waals surface area (Å²) in [5, 5.41) is 0. The van der Waals surface area contributed by atoms with E-state index in [9.17, 15) is 0 Å². The standard InChI is InChI=1S/C12H12N2O/c1-8-9-3-2-4-11(9)14-5-10(8)12-6-13-7-15-12/h5-7H,2-4H2,1H3. The lowest BCUT2D eigenvalue weighted by Gasteiger charge is -2.07. The van der Waals surface area contributed by atoms with Gasteiger partial charge in [0.15, 0.2) is 12.2 Å². The smallest absolute Gasteiger partial charge is 0.181 e. The summed E-state index contributed by atoms with van der Waals surface area (Å²) in [7, 11) is 0. The van der Waals surface area contributed by atoms with Crippen molar-refractivity contribution in [3.05, 3.63) is 35.6 Å². The molecule has 0 aliphatic heterocycles. The second kappa shape index (κ2) is 3.19. The Kier molecular flexibility index (Phi) is 1.84. The molecule has 0 bridgehead atoms. The highest BCUT2D eigenvalue weighted by Crippen LogP contribution is 2.30. The molecule has 3 rings (SSSR count). The number of aromatic nitrogens is 2. The van der Waals surface area contributed by atoms with Crippen LogP contribution in [0.5, 0.6) is 0 Å². The molecule has 0 aromatic carbocycles. The van der Waals surface area contributed by atoms with Crippen LogP contribution < -0.4 is 0 Å². The van der Waals surface area contributed by atoms with Crippen LogP contribution in [0.25, 0.3) is 11.3 Å². The maximum atomic E-state index is 5.31. The van der Waals surface area contributed by atoms with Crippen LogP contribution in [0.2, 0.25) is 0 Å². The van der Waals surface area contributed by atoms with Crippen LogP contribution >= 0.6 is 0 Å². The first kappa shape index (κ1) is 8.65. The zero-order valence-corrected chi connectivity index (χ0v) is 8.66. The van der Waals surface area contributed by atoms with Crippen LogP contribution in [0.1, 0.15) is 23.2 Å². The fraction of sp³-hybridized carbons (Fsp3) is 0.333. The molecule has 1 aliphatic carbocycles. The number of pyridine rings is 1. The Labute approximate surface area is 88.2 Å². The average Bonchev–Trinajstić information content (AvgIpc) is 2.87. The molecular weight excluding hydrogens is 188 g/mol. The van der Waals surface area contributed by atoms with Gasteiger partial charge in [-0.25, -0.2) is 4.98 Å². The van der Waals surface area contributed by atoms with Crippen molar-refractivity contribution in [3.8, 4) is 11.3 Å². The van der Waals surface area contributed by atoms with E-state index in [0.717, 1.165) is 24.2 Å². The molecule has 0 fully saturated rings. The first-order chi connectivity index (χ1) is 7.36. The highest BCUT2D eigenvalue weighted by atomic mass is 16.3. The van der Waals surface area contributed by atoms with Gasteiger partial charge in [-0.2, -0.15) is 0 Å². The third-order valence-electron chi connectivity index (χ3n) is 3.09. The van der Waals surface area contributed by atoms with Crippen molar-refractivity contribution in [2.45, 2.75) is 26.2 Å². The molecule has 0 N–H and O–H groups in total. The number of hydrogen-bond donors (Lipinski definition) is 0. The lowest BCUT2D eigenvalue weighted by molar-refractivity contribution is 0.571. The van der Waals surface area contributed by atoms with E-state index in [1.807, 2.05) is 6.20 Å². The van der Waals surface area contributed by atoms with Crippen molar-refractivity contribution in [3.63, 3.8) is 0 Å². The van der Waals surface area contributed by atoms with Crippen LogP contribution in [0.4, 0.5) is 0 Å².